The molecule has 1 fully saturated rings. The van der Waals surface area contributed by atoms with Crippen molar-refractivity contribution in [2.75, 3.05) is 27.2 Å². The van der Waals surface area contributed by atoms with Crippen LogP contribution in [0.15, 0.2) is 53.8 Å². The Morgan fingerprint density at radius 3 is 1.40 bits per heavy atom. The van der Waals surface area contributed by atoms with Gasteiger partial charge in [0.25, 0.3) is 0 Å². The number of allylic oxidation sites excluding steroid dienone is 8. The quantitative estimate of drug-likeness (QED) is 0.0264. The molecule has 0 N–H and O–H groups in total. The van der Waals surface area contributed by atoms with Gasteiger partial charge in [-0.2, -0.15) is 0 Å². The molecule has 0 saturated carbocycles. The van der Waals surface area contributed by atoms with Crippen LogP contribution in [0.25, 0.3) is 0 Å². The number of rotatable bonds is 47. The highest BCUT2D eigenvalue weighted by atomic mass is 16.6. The number of ether oxygens (including phenoxy) is 1. The molecule has 1 rings (SSSR count). The predicted molar refractivity (Wildman–Crippen MR) is 314 cm³/mol. The Labute approximate surface area is 440 Å². The summed E-state index contributed by atoms with van der Waals surface area (Å²) in [6.07, 6.45) is 66.8. The minimum Gasteiger partial charge on any atom is -0.395 e. The first kappa shape index (κ1) is 66.4. The molecule has 4 nitrogen and oxygen atoms in total. The lowest BCUT2D eigenvalue weighted by Gasteiger charge is -2.38. The molecular weight excluding hydrogens is 853 g/mol. The molecular formula is C66H124N2O2. The highest BCUT2D eigenvalue weighted by Gasteiger charge is 2.32. The lowest BCUT2D eigenvalue weighted by atomic mass is 9.72. The number of unbranched alkanes of at least 4 members (excludes halogenated alkanes) is 19. The number of oxime groups is 1. The lowest BCUT2D eigenvalue weighted by molar-refractivity contribution is -0.0624. The van der Waals surface area contributed by atoms with Crippen LogP contribution >= 0.6 is 0 Å². The van der Waals surface area contributed by atoms with Gasteiger partial charge in [-0.05, 0) is 178 Å². The molecule has 2 unspecified atom stereocenters. The fraction of sp³-hybridized carbons (Fsp3) is 0.864. The lowest BCUT2D eigenvalue weighted by Crippen LogP contribution is -2.34. The van der Waals surface area contributed by atoms with Crippen molar-refractivity contribution < 1.29 is 9.57 Å². The molecule has 0 amide bonds. The van der Waals surface area contributed by atoms with Gasteiger partial charge in [0, 0.05) is 12.0 Å². The summed E-state index contributed by atoms with van der Waals surface area (Å²) in [5.74, 6) is 0. The predicted octanol–water partition coefficient (Wildman–Crippen LogP) is 21.5. The van der Waals surface area contributed by atoms with E-state index in [1.807, 2.05) is 0 Å². The molecule has 0 bridgehead atoms. The molecule has 1 heterocycles. The van der Waals surface area contributed by atoms with E-state index in [1.54, 1.807) is 0 Å². The van der Waals surface area contributed by atoms with Gasteiger partial charge in [0.2, 0.25) is 0 Å². The Morgan fingerprint density at radius 1 is 0.486 bits per heavy atom. The average Bonchev–Trinajstić information content (AvgIpc) is 3.28. The summed E-state index contributed by atoms with van der Waals surface area (Å²) >= 11 is 0. The van der Waals surface area contributed by atoms with E-state index in [0.29, 0.717) is 29.6 Å². The first-order valence-electron chi connectivity index (χ1n) is 30.6. The van der Waals surface area contributed by atoms with Crippen LogP contribution in [0.5, 0.6) is 0 Å². The Hall–Kier alpha value is -1.65. The topological polar surface area (TPSA) is 34.1 Å². The van der Waals surface area contributed by atoms with Crippen molar-refractivity contribution in [3.05, 3.63) is 48.6 Å². The van der Waals surface area contributed by atoms with E-state index in [4.69, 9.17) is 14.7 Å². The third kappa shape index (κ3) is 41.8. The first-order valence-corrected chi connectivity index (χ1v) is 30.6. The molecule has 0 spiro atoms. The van der Waals surface area contributed by atoms with Crippen molar-refractivity contribution >= 4 is 5.71 Å². The summed E-state index contributed by atoms with van der Waals surface area (Å²) in [7, 11) is 4.40. The standard InChI is InChI=1S/C66H124N2O2/c1-13-15-17-19-21-23-25-27-29-31-33-35-37-39-41-43-48-60(49-44-42-40-38-36-34-32-30-28-26-24-22-20-18-16-14-2)67-69-59-66(9,10)57-63(3,4)54-46-45-50-61-51-47-52-62(70-61)53-55-64(5,6)56-65(7,8)58-68(11)12/h21-24,27-30,61-62H,13-20,25-26,31-59H2,1-12H3/b23-21-,24-22-,29-27-,30-28-. The van der Waals surface area contributed by atoms with Gasteiger partial charge in [-0.25, -0.2) is 0 Å². The van der Waals surface area contributed by atoms with Crippen LogP contribution < -0.4 is 0 Å². The fourth-order valence-electron chi connectivity index (χ4n) is 11.8. The van der Waals surface area contributed by atoms with Crippen LogP contribution in [-0.2, 0) is 9.57 Å². The summed E-state index contributed by atoms with van der Waals surface area (Å²) in [5, 5.41) is 4.92. The van der Waals surface area contributed by atoms with Crippen molar-refractivity contribution in [2.24, 2.45) is 26.8 Å². The number of hydrogen-bond donors (Lipinski definition) is 0. The second-order valence-corrected chi connectivity index (χ2v) is 25.9. The smallest absolute Gasteiger partial charge is 0.122 e. The van der Waals surface area contributed by atoms with E-state index < -0.39 is 0 Å². The maximum absolute atomic E-state index is 6.76. The van der Waals surface area contributed by atoms with E-state index in [9.17, 15) is 0 Å². The largest absolute Gasteiger partial charge is 0.395 e. The van der Waals surface area contributed by atoms with Crippen LogP contribution in [0, 0.1) is 21.7 Å². The molecule has 0 aliphatic carbocycles. The highest BCUT2D eigenvalue weighted by Crippen LogP contribution is 2.40. The van der Waals surface area contributed by atoms with E-state index >= 15 is 0 Å². The zero-order valence-electron chi connectivity index (χ0n) is 49.6. The molecule has 0 aromatic carbocycles. The zero-order valence-corrected chi connectivity index (χ0v) is 49.6. The Kier molecular flexibility index (Phi) is 39.5. The van der Waals surface area contributed by atoms with E-state index in [2.05, 4.69) is 137 Å². The summed E-state index contributed by atoms with van der Waals surface area (Å²) in [5.41, 5.74) is 2.36. The van der Waals surface area contributed by atoms with Crippen LogP contribution in [0.2, 0.25) is 0 Å². The summed E-state index contributed by atoms with van der Waals surface area (Å²) in [6.45, 7) is 26.0. The second-order valence-electron chi connectivity index (χ2n) is 25.9. The van der Waals surface area contributed by atoms with Gasteiger partial charge >= 0.3 is 0 Å². The van der Waals surface area contributed by atoms with Crippen LogP contribution in [0.3, 0.4) is 0 Å². The normalized spacial score (nSPS) is 16.6. The first-order chi connectivity index (χ1) is 33.5. The van der Waals surface area contributed by atoms with Gasteiger partial charge in [0.1, 0.15) is 6.61 Å². The van der Waals surface area contributed by atoms with Crippen LogP contribution in [-0.4, -0.2) is 50.1 Å². The van der Waals surface area contributed by atoms with Crippen molar-refractivity contribution in [3.8, 4) is 0 Å². The number of hydrogen-bond acceptors (Lipinski definition) is 4. The van der Waals surface area contributed by atoms with Gasteiger partial charge in [0.15, 0.2) is 0 Å². The summed E-state index contributed by atoms with van der Waals surface area (Å²) in [4.78, 5) is 8.65. The van der Waals surface area contributed by atoms with Gasteiger partial charge in [0.05, 0.1) is 17.9 Å². The van der Waals surface area contributed by atoms with E-state index in [0.717, 1.165) is 38.6 Å². The van der Waals surface area contributed by atoms with Crippen molar-refractivity contribution in [1.82, 2.24) is 4.90 Å². The maximum atomic E-state index is 6.76. The van der Waals surface area contributed by atoms with Gasteiger partial charge < -0.3 is 14.5 Å². The molecule has 1 saturated heterocycles. The monoisotopic (exact) mass is 977 g/mol. The minimum absolute atomic E-state index is 0.0908. The molecule has 4 heteroatoms. The molecule has 2 atom stereocenters. The molecule has 0 aromatic heterocycles. The third-order valence-electron chi connectivity index (χ3n) is 14.8. The Balaban J connectivity index is 2.51. The average molecular weight is 978 g/mol. The van der Waals surface area contributed by atoms with Crippen LogP contribution in [0.4, 0.5) is 0 Å². The minimum atomic E-state index is 0.0908. The van der Waals surface area contributed by atoms with Crippen molar-refractivity contribution in [1.29, 1.82) is 0 Å². The molecule has 1 aliphatic heterocycles. The molecule has 70 heavy (non-hydrogen) atoms. The summed E-state index contributed by atoms with van der Waals surface area (Å²) < 4.78 is 6.76. The fourth-order valence-corrected chi connectivity index (χ4v) is 11.8. The highest BCUT2D eigenvalue weighted by molar-refractivity contribution is 5.83. The van der Waals surface area contributed by atoms with Crippen molar-refractivity contribution in [3.63, 3.8) is 0 Å². The molecule has 0 aromatic rings. The van der Waals surface area contributed by atoms with E-state index in [1.165, 1.54) is 211 Å². The molecule has 410 valence electrons. The second kappa shape index (κ2) is 41.7. The Morgan fingerprint density at radius 2 is 0.914 bits per heavy atom. The van der Waals surface area contributed by atoms with Crippen LogP contribution in [0.1, 0.15) is 307 Å². The molecule has 1 aliphatic rings. The molecule has 0 radical (unpaired) electrons. The Bertz CT molecular complexity index is 1300. The van der Waals surface area contributed by atoms with Gasteiger partial charge in [-0.3, -0.25) is 0 Å². The number of nitrogens with zero attached hydrogens (tertiary/aromatic N) is 2. The SMILES string of the molecule is CCCCC/C=C\C/C=C\CCCCCCCCC(CCCCCCCC/C=C\C/C=C\CCCCC)=NOCC(C)(C)CC(C)(C)CCCCC1CCCC(CCC(C)(C)CC(C)(C)CN(C)C)O1. The van der Waals surface area contributed by atoms with Crippen molar-refractivity contribution in [2.45, 2.75) is 319 Å². The third-order valence-corrected chi connectivity index (χ3v) is 14.8. The van der Waals surface area contributed by atoms with Gasteiger partial charge in [-0.1, -0.05) is 213 Å². The summed E-state index contributed by atoms with van der Waals surface area (Å²) in [6, 6.07) is 0. The zero-order chi connectivity index (χ0) is 51.7. The maximum Gasteiger partial charge on any atom is 0.122 e. The van der Waals surface area contributed by atoms with Gasteiger partial charge in [-0.15, -0.1) is 0 Å². The van der Waals surface area contributed by atoms with E-state index in [-0.39, 0.29) is 10.8 Å².